The zero-order valence-electron chi connectivity index (χ0n) is 8.67. The number of aldehydes is 1. The molecular formula is C12H12ClNO2. The summed E-state index contributed by atoms with van der Waals surface area (Å²) in [6, 6.07) is 8.82. The second kappa shape index (κ2) is 6.80. The van der Waals surface area contributed by atoms with Crippen LogP contribution in [0.1, 0.15) is 10.4 Å². The molecule has 0 aromatic heterocycles. The van der Waals surface area contributed by atoms with Crippen LogP contribution in [0.25, 0.3) is 0 Å². The Labute approximate surface area is 99.3 Å². The first-order valence-corrected chi connectivity index (χ1v) is 5.26. The Morgan fingerprint density at radius 2 is 1.94 bits per heavy atom. The minimum Gasteiger partial charge on any atom is -0.328 e. The molecule has 0 saturated heterocycles. The van der Waals surface area contributed by atoms with Crippen molar-refractivity contribution in [3.8, 4) is 0 Å². The first-order valence-electron chi connectivity index (χ1n) is 4.82. The van der Waals surface area contributed by atoms with Gasteiger partial charge in [0, 0.05) is 17.6 Å². The van der Waals surface area contributed by atoms with Gasteiger partial charge < -0.3 is 9.69 Å². The molecule has 0 radical (unpaired) electrons. The summed E-state index contributed by atoms with van der Waals surface area (Å²) in [6.45, 7) is 0.394. The maximum absolute atomic E-state index is 11.9. The van der Waals surface area contributed by atoms with Gasteiger partial charge >= 0.3 is 0 Å². The van der Waals surface area contributed by atoms with Crippen LogP contribution in [-0.2, 0) is 4.79 Å². The molecule has 0 atom stereocenters. The van der Waals surface area contributed by atoms with E-state index in [-0.39, 0.29) is 12.5 Å². The molecule has 0 spiro atoms. The molecule has 0 aliphatic heterocycles. The number of hydrogen-bond donors (Lipinski definition) is 0. The number of amides is 1. The van der Waals surface area contributed by atoms with Crippen molar-refractivity contribution in [2.45, 2.75) is 0 Å². The molecule has 0 aliphatic carbocycles. The summed E-state index contributed by atoms with van der Waals surface area (Å²) < 4.78 is 0. The van der Waals surface area contributed by atoms with Crippen molar-refractivity contribution in [1.29, 1.82) is 0 Å². The van der Waals surface area contributed by atoms with Crippen molar-refractivity contribution in [2.75, 3.05) is 13.1 Å². The first-order chi connectivity index (χ1) is 7.79. The van der Waals surface area contributed by atoms with Crippen LogP contribution in [0.2, 0.25) is 0 Å². The Hall–Kier alpha value is -1.61. The van der Waals surface area contributed by atoms with E-state index in [1.165, 1.54) is 10.4 Å². The number of halogens is 1. The molecule has 0 N–H and O–H groups in total. The van der Waals surface area contributed by atoms with Gasteiger partial charge in [-0.2, -0.15) is 0 Å². The third kappa shape index (κ3) is 3.51. The molecular weight excluding hydrogens is 226 g/mol. The van der Waals surface area contributed by atoms with Crippen LogP contribution < -0.4 is 0 Å². The van der Waals surface area contributed by atoms with Gasteiger partial charge in [-0.3, -0.25) is 4.79 Å². The van der Waals surface area contributed by atoms with E-state index in [2.05, 4.69) is 0 Å². The summed E-state index contributed by atoms with van der Waals surface area (Å²) in [6.07, 6.45) is 2.31. The molecule has 4 heteroatoms. The molecule has 0 aliphatic rings. The summed E-state index contributed by atoms with van der Waals surface area (Å²) in [5, 5.41) is 0. The number of carbonyl (C=O) groups is 2. The van der Waals surface area contributed by atoms with Gasteiger partial charge in [-0.05, 0) is 12.1 Å². The highest BCUT2D eigenvalue weighted by atomic mass is 35.5. The molecule has 1 aromatic rings. The van der Waals surface area contributed by atoms with Crippen molar-refractivity contribution in [3.63, 3.8) is 0 Å². The van der Waals surface area contributed by atoms with Crippen molar-refractivity contribution in [1.82, 2.24) is 4.90 Å². The summed E-state index contributed by atoms with van der Waals surface area (Å²) in [4.78, 5) is 23.8. The topological polar surface area (TPSA) is 37.4 Å². The SMILES string of the molecule is O=CCN(C/C=C/Cl)C(=O)c1ccccc1. The third-order valence-electron chi connectivity index (χ3n) is 2.02. The zero-order valence-corrected chi connectivity index (χ0v) is 9.43. The lowest BCUT2D eigenvalue weighted by Gasteiger charge is -2.18. The van der Waals surface area contributed by atoms with E-state index < -0.39 is 0 Å². The van der Waals surface area contributed by atoms with Crippen LogP contribution in [0.15, 0.2) is 41.9 Å². The van der Waals surface area contributed by atoms with E-state index in [0.717, 1.165) is 0 Å². The Kier molecular flexibility index (Phi) is 5.29. The fraction of sp³-hybridized carbons (Fsp3) is 0.167. The minimum absolute atomic E-state index is 0.0644. The Morgan fingerprint density at radius 1 is 1.25 bits per heavy atom. The lowest BCUT2D eigenvalue weighted by atomic mass is 10.2. The number of nitrogens with zero attached hydrogens (tertiary/aromatic N) is 1. The molecule has 1 rings (SSSR count). The van der Waals surface area contributed by atoms with Crippen molar-refractivity contribution < 1.29 is 9.59 Å². The largest absolute Gasteiger partial charge is 0.328 e. The minimum atomic E-state index is -0.178. The predicted octanol–water partition coefficient (Wildman–Crippen LogP) is 2.08. The van der Waals surface area contributed by atoms with Crippen molar-refractivity contribution in [2.24, 2.45) is 0 Å². The van der Waals surface area contributed by atoms with E-state index in [4.69, 9.17) is 11.6 Å². The maximum atomic E-state index is 11.9. The van der Waals surface area contributed by atoms with Crippen LogP contribution in [0.4, 0.5) is 0 Å². The van der Waals surface area contributed by atoms with Crippen molar-refractivity contribution in [3.05, 3.63) is 47.5 Å². The molecule has 1 amide bonds. The highest BCUT2D eigenvalue weighted by molar-refractivity contribution is 6.25. The highest BCUT2D eigenvalue weighted by Crippen LogP contribution is 2.04. The fourth-order valence-electron chi connectivity index (χ4n) is 1.26. The lowest BCUT2D eigenvalue weighted by molar-refractivity contribution is -0.108. The average molecular weight is 238 g/mol. The highest BCUT2D eigenvalue weighted by Gasteiger charge is 2.13. The Balaban J connectivity index is 2.78. The van der Waals surface area contributed by atoms with Crippen LogP contribution in [0, 0.1) is 0 Å². The van der Waals surface area contributed by atoms with Gasteiger partial charge in [0.05, 0.1) is 6.54 Å². The first kappa shape index (κ1) is 12.5. The molecule has 0 bridgehead atoms. The van der Waals surface area contributed by atoms with Gasteiger partial charge in [0.1, 0.15) is 6.29 Å². The van der Waals surface area contributed by atoms with E-state index in [9.17, 15) is 9.59 Å². The van der Waals surface area contributed by atoms with E-state index in [1.807, 2.05) is 6.07 Å². The summed E-state index contributed by atoms with van der Waals surface area (Å²) in [5.74, 6) is -0.178. The molecule has 0 fully saturated rings. The molecule has 3 nitrogen and oxygen atoms in total. The Bertz CT molecular complexity index is 376. The van der Waals surface area contributed by atoms with Crippen molar-refractivity contribution >= 4 is 23.8 Å². The van der Waals surface area contributed by atoms with Crippen LogP contribution in [0.5, 0.6) is 0 Å². The summed E-state index contributed by atoms with van der Waals surface area (Å²) in [7, 11) is 0. The van der Waals surface area contributed by atoms with Crippen LogP contribution >= 0.6 is 11.6 Å². The third-order valence-corrected chi connectivity index (χ3v) is 2.20. The van der Waals surface area contributed by atoms with Gasteiger partial charge in [0.15, 0.2) is 0 Å². The number of rotatable bonds is 5. The van der Waals surface area contributed by atoms with Gasteiger partial charge in [0.25, 0.3) is 5.91 Å². The predicted molar refractivity (Wildman–Crippen MR) is 63.4 cm³/mol. The van der Waals surface area contributed by atoms with Gasteiger partial charge in [0.2, 0.25) is 0 Å². The van der Waals surface area contributed by atoms with E-state index in [1.54, 1.807) is 30.3 Å². The molecule has 16 heavy (non-hydrogen) atoms. The smallest absolute Gasteiger partial charge is 0.254 e. The quantitative estimate of drug-likeness (QED) is 0.736. The van der Waals surface area contributed by atoms with Crippen LogP contribution in [0.3, 0.4) is 0 Å². The number of hydrogen-bond acceptors (Lipinski definition) is 2. The molecule has 0 unspecified atom stereocenters. The van der Waals surface area contributed by atoms with E-state index >= 15 is 0 Å². The summed E-state index contributed by atoms with van der Waals surface area (Å²) in [5.41, 5.74) is 1.89. The second-order valence-corrected chi connectivity index (χ2v) is 3.36. The Morgan fingerprint density at radius 3 is 2.50 bits per heavy atom. The molecule has 1 aromatic carbocycles. The number of benzene rings is 1. The maximum Gasteiger partial charge on any atom is 0.254 e. The van der Waals surface area contributed by atoms with Gasteiger partial charge in [-0.25, -0.2) is 0 Å². The average Bonchev–Trinajstić information content (AvgIpc) is 2.35. The standard InChI is InChI=1S/C12H12ClNO2/c13-7-4-8-14(9-10-15)12(16)11-5-2-1-3-6-11/h1-7,10H,8-9H2/b7-4+. The summed E-state index contributed by atoms with van der Waals surface area (Å²) >= 11 is 5.39. The fourth-order valence-corrected chi connectivity index (χ4v) is 1.34. The van der Waals surface area contributed by atoms with E-state index in [0.29, 0.717) is 18.4 Å². The molecule has 0 saturated carbocycles. The number of carbonyl (C=O) groups excluding carboxylic acids is 2. The molecule has 84 valence electrons. The zero-order chi connectivity index (χ0) is 11.8. The normalized spacial score (nSPS) is 10.3. The second-order valence-electron chi connectivity index (χ2n) is 3.10. The van der Waals surface area contributed by atoms with Crippen LogP contribution in [-0.4, -0.2) is 30.2 Å². The van der Waals surface area contributed by atoms with Gasteiger partial charge in [-0.1, -0.05) is 35.9 Å². The lowest BCUT2D eigenvalue weighted by Crippen LogP contribution is -2.32. The monoisotopic (exact) mass is 237 g/mol. The van der Waals surface area contributed by atoms with Gasteiger partial charge in [-0.15, -0.1) is 0 Å². The molecule has 0 heterocycles.